The molecule has 0 saturated heterocycles. The van der Waals surface area contributed by atoms with Gasteiger partial charge in [0.1, 0.15) is 5.69 Å². The molecule has 234 valence electrons. The fraction of sp³-hybridized carbons (Fsp3) is 0.433. The number of hydrogen-bond acceptors (Lipinski definition) is 12. The van der Waals surface area contributed by atoms with Gasteiger partial charge < -0.3 is 31.3 Å². The summed E-state index contributed by atoms with van der Waals surface area (Å²) < 4.78 is 31.3. The first-order chi connectivity index (χ1) is 20.5. The van der Waals surface area contributed by atoms with Gasteiger partial charge in [0.25, 0.3) is 0 Å². The van der Waals surface area contributed by atoms with Gasteiger partial charge in [-0.05, 0) is 64.1 Å². The van der Waals surface area contributed by atoms with E-state index in [9.17, 15) is 13.5 Å². The zero-order valence-electron chi connectivity index (χ0n) is 25.2. The number of para-hydroxylation sites is 1. The molecule has 0 aliphatic heterocycles. The topological polar surface area (TPSA) is 175 Å². The van der Waals surface area contributed by atoms with Gasteiger partial charge in [-0.15, -0.1) is 5.11 Å². The lowest BCUT2D eigenvalue weighted by Crippen LogP contribution is -2.45. The Hall–Kier alpha value is -3.62. The molecule has 0 atom stereocenters. The minimum absolute atomic E-state index is 0.0418. The highest BCUT2D eigenvalue weighted by Gasteiger charge is 2.24. The van der Waals surface area contributed by atoms with E-state index in [1.807, 2.05) is 62.9 Å². The number of aliphatic hydroxyl groups excluding tert-OH is 2. The first-order valence-electron chi connectivity index (χ1n) is 14.1. The standard InChI is InChI=1S/C30H43N7O5S/c1-22-26(31)28(32-14-19-42-20-18-39)34-29(33-23-8-6-5-7-9-23)27(22)36-35-24-10-12-25(13-11-24)43(40,41)21-16-37(15-17-38)30(2,3)4/h5-13,38-39H,14-21,31H2,1-4H3,(H2,32,33,34)/b36-35+. The molecule has 6 N–H and O–H groups in total. The fourth-order valence-corrected chi connectivity index (χ4v) is 5.45. The van der Waals surface area contributed by atoms with E-state index in [0.717, 1.165) is 5.69 Å². The van der Waals surface area contributed by atoms with Gasteiger partial charge in [-0.1, -0.05) is 18.2 Å². The number of β-amino-alcohol motifs (C(OH)–C–C–N with tert-alkyl or cyclic N) is 1. The number of azo groups is 1. The zero-order chi connectivity index (χ0) is 31.5. The number of pyridine rings is 1. The average molecular weight is 614 g/mol. The number of nitrogens with two attached hydrogens (primary N) is 1. The molecule has 0 aliphatic rings. The quantitative estimate of drug-likeness (QED) is 0.115. The van der Waals surface area contributed by atoms with Crippen LogP contribution in [0.15, 0.2) is 69.7 Å². The van der Waals surface area contributed by atoms with Crippen LogP contribution in [0.3, 0.4) is 0 Å². The molecule has 0 unspecified atom stereocenters. The van der Waals surface area contributed by atoms with Crippen LogP contribution in [0.1, 0.15) is 26.3 Å². The Labute approximate surface area is 253 Å². The number of hydrogen-bond donors (Lipinski definition) is 5. The lowest BCUT2D eigenvalue weighted by Gasteiger charge is -2.35. The summed E-state index contributed by atoms with van der Waals surface area (Å²) in [5.74, 6) is 0.824. The average Bonchev–Trinajstić information content (AvgIpc) is 2.97. The van der Waals surface area contributed by atoms with Crippen molar-refractivity contribution in [2.24, 2.45) is 10.2 Å². The highest BCUT2D eigenvalue weighted by Crippen LogP contribution is 2.38. The number of rotatable bonds is 16. The van der Waals surface area contributed by atoms with Gasteiger partial charge in [0, 0.05) is 36.4 Å². The Bertz CT molecular complexity index is 1440. The first kappa shape index (κ1) is 33.9. The van der Waals surface area contributed by atoms with Crippen LogP contribution in [0, 0.1) is 6.92 Å². The second-order valence-corrected chi connectivity index (χ2v) is 13.0. The van der Waals surface area contributed by atoms with E-state index >= 15 is 0 Å². The van der Waals surface area contributed by atoms with E-state index in [-0.39, 0.29) is 36.0 Å². The number of aromatic nitrogens is 1. The molecule has 0 fully saturated rings. The molecule has 2 aromatic carbocycles. The van der Waals surface area contributed by atoms with Gasteiger partial charge in [0.15, 0.2) is 21.5 Å². The van der Waals surface area contributed by atoms with Gasteiger partial charge in [-0.25, -0.2) is 13.4 Å². The number of aliphatic hydroxyl groups is 2. The Morgan fingerprint density at radius 3 is 2.28 bits per heavy atom. The summed E-state index contributed by atoms with van der Waals surface area (Å²) in [5.41, 5.74) is 8.88. The summed E-state index contributed by atoms with van der Waals surface area (Å²) in [7, 11) is -3.55. The minimum atomic E-state index is -3.55. The maximum absolute atomic E-state index is 13.0. The number of benzene rings is 2. The highest BCUT2D eigenvalue weighted by atomic mass is 32.2. The molecule has 3 aromatic rings. The third kappa shape index (κ3) is 9.97. The van der Waals surface area contributed by atoms with Crippen molar-refractivity contribution in [2.45, 2.75) is 38.1 Å². The molecule has 0 radical (unpaired) electrons. The van der Waals surface area contributed by atoms with Crippen LogP contribution in [0.4, 0.5) is 34.4 Å². The maximum Gasteiger partial charge on any atom is 0.179 e. The third-order valence-corrected chi connectivity index (χ3v) is 8.39. The normalized spacial score (nSPS) is 12.3. The van der Waals surface area contributed by atoms with Crippen molar-refractivity contribution in [1.82, 2.24) is 9.88 Å². The van der Waals surface area contributed by atoms with E-state index < -0.39 is 9.84 Å². The fourth-order valence-electron chi connectivity index (χ4n) is 4.20. The lowest BCUT2D eigenvalue weighted by atomic mass is 10.1. The monoisotopic (exact) mass is 613 g/mol. The van der Waals surface area contributed by atoms with Crippen molar-refractivity contribution in [3.05, 3.63) is 60.2 Å². The molecular weight excluding hydrogens is 570 g/mol. The minimum Gasteiger partial charge on any atom is -0.395 e. The smallest absolute Gasteiger partial charge is 0.179 e. The maximum atomic E-state index is 13.0. The van der Waals surface area contributed by atoms with Crippen molar-refractivity contribution >= 4 is 44.2 Å². The summed E-state index contributed by atoms with van der Waals surface area (Å²) in [6.07, 6.45) is 0. The van der Waals surface area contributed by atoms with E-state index in [2.05, 4.69) is 25.8 Å². The summed E-state index contributed by atoms with van der Waals surface area (Å²) in [6, 6.07) is 15.7. The molecule has 0 spiro atoms. The molecular formula is C30H43N7O5S. The molecule has 0 saturated carbocycles. The van der Waals surface area contributed by atoms with Crippen molar-refractivity contribution in [3.63, 3.8) is 0 Å². The Kier molecular flexibility index (Phi) is 12.4. The predicted octanol–water partition coefficient (Wildman–Crippen LogP) is 4.42. The number of anilines is 4. The first-order valence-corrected chi connectivity index (χ1v) is 15.8. The number of sulfone groups is 1. The van der Waals surface area contributed by atoms with Gasteiger partial charge >= 0.3 is 0 Å². The molecule has 0 aliphatic carbocycles. The van der Waals surface area contributed by atoms with Crippen LogP contribution in [-0.4, -0.2) is 85.9 Å². The van der Waals surface area contributed by atoms with Crippen LogP contribution in [0.5, 0.6) is 0 Å². The lowest BCUT2D eigenvalue weighted by molar-refractivity contribution is 0.0992. The van der Waals surface area contributed by atoms with E-state index in [1.165, 1.54) is 12.1 Å². The molecule has 43 heavy (non-hydrogen) atoms. The van der Waals surface area contributed by atoms with Gasteiger partial charge in [0.05, 0.1) is 48.5 Å². The van der Waals surface area contributed by atoms with Gasteiger partial charge in [0.2, 0.25) is 0 Å². The molecule has 1 aromatic heterocycles. The second kappa shape index (κ2) is 15.7. The zero-order valence-corrected chi connectivity index (χ0v) is 26.1. The predicted molar refractivity (Wildman–Crippen MR) is 171 cm³/mol. The molecule has 1 heterocycles. The van der Waals surface area contributed by atoms with Crippen LogP contribution >= 0.6 is 0 Å². The highest BCUT2D eigenvalue weighted by molar-refractivity contribution is 7.91. The summed E-state index contributed by atoms with van der Waals surface area (Å²) in [5, 5.41) is 33.5. The number of nitrogen functional groups attached to an aromatic ring is 1. The SMILES string of the molecule is Cc1c(N)c(NCCOCCO)nc(Nc2ccccc2)c1/N=N/c1ccc(S(=O)(=O)CCN(CCO)C(C)(C)C)cc1. The molecule has 13 heteroatoms. The number of ether oxygens (including phenoxy) is 1. The molecule has 0 amide bonds. The summed E-state index contributed by atoms with van der Waals surface area (Å²) in [6.45, 7) is 9.44. The van der Waals surface area contributed by atoms with Crippen molar-refractivity contribution in [1.29, 1.82) is 0 Å². The van der Waals surface area contributed by atoms with E-state index in [1.54, 1.807) is 12.1 Å². The van der Waals surface area contributed by atoms with Crippen molar-refractivity contribution < 1.29 is 23.4 Å². The molecule has 0 bridgehead atoms. The molecule has 3 rings (SSSR count). The Balaban J connectivity index is 1.82. The second-order valence-electron chi connectivity index (χ2n) is 10.8. The number of nitrogens with one attached hydrogen (secondary N) is 2. The van der Waals surface area contributed by atoms with Crippen LogP contribution < -0.4 is 16.4 Å². The van der Waals surface area contributed by atoms with Crippen LogP contribution in [0.2, 0.25) is 0 Å². The van der Waals surface area contributed by atoms with Crippen LogP contribution in [-0.2, 0) is 14.6 Å². The van der Waals surface area contributed by atoms with E-state index in [4.69, 9.17) is 15.6 Å². The van der Waals surface area contributed by atoms with Crippen LogP contribution in [0.25, 0.3) is 0 Å². The third-order valence-electron chi connectivity index (χ3n) is 6.68. The van der Waals surface area contributed by atoms with Crippen molar-refractivity contribution in [2.75, 3.05) is 68.2 Å². The van der Waals surface area contributed by atoms with Gasteiger partial charge in [-0.2, -0.15) is 5.11 Å². The van der Waals surface area contributed by atoms with Crippen molar-refractivity contribution in [3.8, 4) is 0 Å². The van der Waals surface area contributed by atoms with E-state index in [0.29, 0.717) is 60.5 Å². The molecule has 12 nitrogen and oxygen atoms in total. The summed E-state index contributed by atoms with van der Waals surface area (Å²) in [4.78, 5) is 6.80. The summed E-state index contributed by atoms with van der Waals surface area (Å²) >= 11 is 0. The van der Waals surface area contributed by atoms with Gasteiger partial charge in [-0.3, -0.25) is 4.90 Å². The largest absolute Gasteiger partial charge is 0.395 e. The Morgan fingerprint density at radius 2 is 1.65 bits per heavy atom. The number of nitrogens with zero attached hydrogens (tertiary/aromatic N) is 4. The Morgan fingerprint density at radius 1 is 0.953 bits per heavy atom.